The number of rotatable bonds is 4. The van der Waals surface area contributed by atoms with Crippen LogP contribution in [-0.2, 0) is 14.3 Å². The number of halogens is 4. The Kier molecular flexibility index (Phi) is 7.78. The normalized spacial score (nSPS) is 13.8. The van der Waals surface area contributed by atoms with Gasteiger partial charge in [0.2, 0.25) is 3.79 Å². The molecule has 0 saturated heterocycles. The van der Waals surface area contributed by atoms with Gasteiger partial charge in [-0.1, -0.05) is 46.4 Å². The van der Waals surface area contributed by atoms with Crippen molar-refractivity contribution in [3.05, 3.63) is 11.1 Å². The lowest BCUT2D eigenvalue weighted by molar-refractivity contribution is -0.141. The Bertz CT molecular complexity index is 340. The SMILES string of the molecule is COC(=O)C(NC(=O)OCC(Cl)(Cl)Cl)/C(C)=C\Cl. The van der Waals surface area contributed by atoms with E-state index in [1.165, 1.54) is 14.0 Å². The van der Waals surface area contributed by atoms with Gasteiger partial charge in [0.1, 0.15) is 6.61 Å². The van der Waals surface area contributed by atoms with Crippen LogP contribution < -0.4 is 5.32 Å². The minimum atomic E-state index is -1.73. The molecule has 104 valence electrons. The fraction of sp³-hybridized carbons (Fsp3) is 0.556. The van der Waals surface area contributed by atoms with Crippen LogP contribution in [0.25, 0.3) is 0 Å². The lowest BCUT2D eigenvalue weighted by Crippen LogP contribution is -2.43. The Balaban J connectivity index is 4.51. The van der Waals surface area contributed by atoms with Crippen LogP contribution in [0.4, 0.5) is 4.79 Å². The second-order valence-corrected chi connectivity index (χ2v) is 5.88. The summed E-state index contributed by atoms with van der Waals surface area (Å²) in [5.41, 5.74) is 1.51. The van der Waals surface area contributed by atoms with Crippen LogP contribution in [0.1, 0.15) is 6.92 Å². The molecule has 0 heterocycles. The predicted molar refractivity (Wildman–Crippen MR) is 70.2 cm³/mol. The van der Waals surface area contributed by atoms with Crippen molar-refractivity contribution in [2.45, 2.75) is 16.8 Å². The van der Waals surface area contributed by atoms with Gasteiger partial charge in [0, 0.05) is 5.54 Å². The Hall–Kier alpha value is -0.360. The number of carbonyl (C=O) groups excluding carboxylic acids is 2. The molecule has 0 aliphatic carbocycles. The number of carbonyl (C=O) groups is 2. The lowest BCUT2D eigenvalue weighted by Gasteiger charge is -2.17. The summed E-state index contributed by atoms with van der Waals surface area (Å²) in [6.07, 6.45) is -0.936. The number of nitrogens with one attached hydrogen (secondary N) is 1. The summed E-state index contributed by atoms with van der Waals surface area (Å²) in [5, 5.41) is 2.23. The van der Waals surface area contributed by atoms with E-state index < -0.39 is 28.5 Å². The third-order valence-electron chi connectivity index (χ3n) is 1.69. The monoisotopic (exact) mass is 337 g/mol. The molecular weight excluding hydrogens is 328 g/mol. The zero-order chi connectivity index (χ0) is 14.3. The van der Waals surface area contributed by atoms with Gasteiger partial charge in [-0.25, -0.2) is 9.59 Å². The summed E-state index contributed by atoms with van der Waals surface area (Å²) in [6, 6.07) is -1.06. The van der Waals surface area contributed by atoms with Gasteiger partial charge in [0.25, 0.3) is 0 Å². The average Bonchev–Trinajstić information content (AvgIpc) is 2.30. The molecule has 9 heteroatoms. The van der Waals surface area contributed by atoms with E-state index in [4.69, 9.17) is 46.4 Å². The van der Waals surface area contributed by atoms with E-state index in [0.717, 1.165) is 5.54 Å². The van der Waals surface area contributed by atoms with Crippen molar-refractivity contribution >= 4 is 58.5 Å². The molecule has 0 aromatic carbocycles. The number of ether oxygens (including phenoxy) is 2. The average molecular weight is 339 g/mol. The van der Waals surface area contributed by atoms with Gasteiger partial charge < -0.3 is 14.8 Å². The van der Waals surface area contributed by atoms with Gasteiger partial charge in [-0.05, 0) is 12.5 Å². The highest BCUT2D eigenvalue weighted by atomic mass is 35.6. The molecule has 0 radical (unpaired) electrons. The maximum Gasteiger partial charge on any atom is 0.408 e. The summed E-state index contributed by atoms with van der Waals surface area (Å²) >= 11 is 21.6. The van der Waals surface area contributed by atoms with Crippen molar-refractivity contribution in [3.63, 3.8) is 0 Å². The van der Waals surface area contributed by atoms with Crippen molar-refractivity contribution in [1.82, 2.24) is 5.32 Å². The van der Waals surface area contributed by atoms with E-state index in [1.807, 2.05) is 0 Å². The number of amides is 1. The van der Waals surface area contributed by atoms with E-state index in [9.17, 15) is 9.59 Å². The number of methoxy groups -OCH3 is 1. The predicted octanol–water partition coefficient (Wildman–Crippen LogP) is 2.77. The van der Waals surface area contributed by atoms with Crippen molar-refractivity contribution < 1.29 is 19.1 Å². The summed E-state index contributed by atoms with van der Waals surface area (Å²) in [6.45, 7) is 1.07. The van der Waals surface area contributed by atoms with Gasteiger partial charge >= 0.3 is 12.1 Å². The first kappa shape index (κ1) is 17.6. The molecule has 1 N–H and O–H groups in total. The second-order valence-electron chi connectivity index (χ2n) is 3.14. The van der Waals surface area contributed by atoms with Crippen LogP contribution in [0, 0.1) is 0 Å². The molecule has 0 aromatic heterocycles. The largest absolute Gasteiger partial charge is 0.467 e. The van der Waals surface area contributed by atoms with E-state index in [0.29, 0.717) is 5.57 Å². The summed E-state index contributed by atoms with van der Waals surface area (Å²) in [5.74, 6) is -0.699. The lowest BCUT2D eigenvalue weighted by atomic mass is 10.1. The van der Waals surface area contributed by atoms with Gasteiger partial charge in [0.05, 0.1) is 7.11 Å². The van der Waals surface area contributed by atoms with Gasteiger partial charge in [-0.3, -0.25) is 0 Å². The smallest absolute Gasteiger partial charge is 0.408 e. The Morgan fingerprint density at radius 2 is 1.94 bits per heavy atom. The first-order chi connectivity index (χ1) is 8.21. The Morgan fingerprint density at radius 1 is 1.39 bits per heavy atom. The Labute approximate surface area is 124 Å². The molecule has 0 saturated carbocycles. The van der Waals surface area contributed by atoms with E-state index in [2.05, 4.69) is 14.8 Å². The molecule has 0 aromatic rings. The van der Waals surface area contributed by atoms with Crippen LogP contribution in [-0.4, -0.2) is 35.6 Å². The van der Waals surface area contributed by atoms with E-state index in [-0.39, 0.29) is 0 Å². The minimum Gasteiger partial charge on any atom is -0.467 e. The zero-order valence-corrected chi connectivity index (χ0v) is 12.5. The topological polar surface area (TPSA) is 64.6 Å². The molecule has 0 fully saturated rings. The maximum absolute atomic E-state index is 11.4. The number of alkyl carbamates (subject to hydrolysis) is 1. The first-order valence-corrected chi connectivity index (χ1v) is 6.13. The fourth-order valence-electron chi connectivity index (χ4n) is 0.846. The molecule has 0 aliphatic rings. The standard InChI is InChI=1S/C9H11Cl4NO4/c1-5(3-10)6(7(15)17-2)14-8(16)18-4-9(11,12)13/h3,6H,4H2,1-2H3,(H,14,16)/b5-3-. The molecule has 18 heavy (non-hydrogen) atoms. The summed E-state index contributed by atoms with van der Waals surface area (Å²) < 4.78 is 7.37. The first-order valence-electron chi connectivity index (χ1n) is 4.56. The highest BCUT2D eigenvalue weighted by Gasteiger charge is 2.26. The second kappa shape index (κ2) is 7.94. The molecule has 1 atom stereocenters. The molecule has 0 rings (SSSR count). The van der Waals surface area contributed by atoms with Crippen LogP contribution >= 0.6 is 46.4 Å². The van der Waals surface area contributed by atoms with Crippen molar-refractivity contribution in [1.29, 1.82) is 0 Å². The highest BCUT2D eigenvalue weighted by Crippen LogP contribution is 2.25. The number of hydrogen-bond donors (Lipinski definition) is 1. The number of alkyl halides is 3. The summed E-state index contributed by atoms with van der Waals surface area (Å²) in [4.78, 5) is 22.7. The van der Waals surface area contributed by atoms with Crippen LogP contribution in [0.3, 0.4) is 0 Å². The van der Waals surface area contributed by atoms with Crippen LogP contribution in [0.15, 0.2) is 11.1 Å². The summed E-state index contributed by atoms with van der Waals surface area (Å²) in [7, 11) is 1.17. The third-order valence-corrected chi connectivity index (χ3v) is 2.36. The van der Waals surface area contributed by atoms with E-state index >= 15 is 0 Å². The third kappa shape index (κ3) is 7.16. The minimum absolute atomic E-state index is 0.370. The van der Waals surface area contributed by atoms with Gasteiger partial charge in [-0.15, -0.1) is 0 Å². The van der Waals surface area contributed by atoms with Gasteiger partial charge in [0.15, 0.2) is 6.04 Å². The van der Waals surface area contributed by atoms with E-state index in [1.54, 1.807) is 0 Å². The number of hydrogen-bond acceptors (Lipinski definition) is 4. The molecular formula is C9H11Cl4NO4. The van der Waals surface area contributed by atoms with Crippen molar-refractivity contribution in [2.75, 3.05) is 13.7 Å². The van der Waals surface area contributed by atoms with Crippen molar-refractivity contribution in [2.24, 2.45) is 0 Å². The quantitative estimate of drug-likeness (QED) is 0.632. The molecule has 1 amide bonds. The Morgan fingerprint density at radius 3 is 2.33 bits per heavy atom. The highest BCUT2D eigenvalue weighted by molar-refractivity contribution is 6.67. The maximum atomic E-state index is 11.4. The number of esters is 1. The zero-order valence-electron chi connectivity index (χ0n) is 9.51. The molecule has 1 unspecified atom stereocenters. The molecule has 5 nitrogen and oxygen atoms in total. The molecule has 0 spiro atoms. The van der Waals surface area contributed by atoms with Crippen LogP contribution in [0.2, 0.25) is 0 Å². The van der Waals surface area contributed by atoms with Gasteiger partial charge in [-0.2, -0.15) is 0 Å². The van der Waals surface area contributed by atoms with Crippen LogP contribution in [0.5, 0.6) is 0 Å². The molecule has 0 aliphatic heterocycles. The molecule has 0 bridgehead atoms. The van der Waals surface area contributed by atoms with Crippen molar-refractivity contribution in [3.8, 4) is 0 Å². The fourth-order valence-corrected chi connectivity index (χ4v) is 1.14.